The number of fused-ring (bicyclic) bond motifs is 3. The minimum Gasteiger partial charge on any atom is -0.454 e. The fourth-order valence-electron chi connectivity index (χ4n) is 6.83. The van der Waals surface area contributed by atoms with E-state index in [1.807, 2.05) is 72.8 Å². The summed E-state index contributed by atoms with van der Waals surface area (Å²) in [4.78, 5) is 53.4. The first-order valence-corrected chi connectivity index (χ1v) is 18.6. The molecule has 4 aromatic carbocycles. The smallest absolute Gasteiger partial charge is 0.407 e. The molecule has 0 unspecified atom stereocenters. The van der Waals surface area contributed by atoms with Crippen LogP contribution >= 0.6 is 0 Å². The maximum absolute atomic E-state index is 13.7. The number of aliphatic hydroxyl groups is 1. The Morgan fingerprint density at radius 2 is 1.40 bits per heavy atom. The number of aliphatic hydroxyl groups excluding tert-OH is 1. The van der Waals surface area contributed by atoms with Crippen molar-refractivity contribution in [3.8, 4) is 11.1 Å². The van der Waals surface area contributed by atoms with E-state index in [1.54, 1.807) is 36.4 Å². The van der Waals surface area contributed by atoms with E-state index < -0.39 is 42.1 Å². The molecule has 4 N–H and O–H groups in total. The maximum atomic E-state index is 13.7. The molecule has 0 radical (unpaired) electrons. The van der Waals surface area contributed by atoms with E-state index in [-0.39, 0.29) is 50.8 Å². The van der Waals surface area contributed by atoms with Crippen LogP contribution in [0.25, 0.3) is 11.1 Å². The third-order valence-corrected chi connectivity index (χ3v) is 9.64. The van der Waals surface area contributed by atoms with Crippen LogP contribution in [0.5, 0.6) is 0 Å². The van der Waals surface area contributed by atoms with Gasteiger partial charge in [-0.05, 0) is 59.1 Å². The number of carbonyl (C=O) groups is 4. The number of nitrogens with one attached hydrogen (secondary N) is 3. The van der Waals surface area contributed by atoms with Gasteiger partial charge in [0.25, 0.3) is 0 Å². The molecule has 1 aliphatic rings. The standard InChI is InChI=1S/C45H49N3O7/c1-3-5-25-40(48-45(53)54-30-39-37-23-14-12-21-35(37)36-22-13-15-24-38(36)39)44(52)55-41(32-19-10-7-11-20-32)28-46-43(51)33(16-4-2)27-42(50)47-34(29-49)26-31-17-8-6-9-18-31/h3-4,6-15,17-24,33-34,39-41,49H,1-2,5,16,25-30H2,(H,46,51)(H,47,50)(H,48,53)/t33-,34+,40+,41+/m1/s1. The second-order valence-corrected chi connectivity index (χ2v) is 13.5. The summed E-state index contributed by atoms with van der Waals surface area (Å²) in [7, 11) is 0. The Morgan fingerprint density at radius 1 is 0.782 bits per heavy atom. The Hall–Kier alpha value is -6.00. The number of hydrogen-bond acceptors (Lipinski definition) is 7. The molecule has 0 aliphatic heterocycles. The van der Waals surface area contributed by atoms with Gasteiger partial charge in [-0.2, -0.15) is 0 Å². The zero-order valence-corrected chi connectivity index (χ0v) is 30.9. The van der Waals surface area contributed by atoms with Gasteiger partial charge in [-0.25, -0.2) is 9.59 Å². The van der Waals surface area contributed by atoms with Gasteiger partial charge in [0, 0.05) is 12.3 Å². The molecule has 286 valence electrons. The monoisotopic (exact) mass is 743 g/mol. The Bertz CT molecular complexity index is 1870. The van der Waals surface area contributed by atoms with Crippen molar-refractivity contribution in [2.24, 2.45) is 5.92 Å². The van der Waals surface area contributed by atoms with Gasteiger partial charge in [-0.15, -0.1) is 13.2 Å². The first kappa shape index (κ1) is 40.2. The summed E-state index contributed by atoms with van der Waals surface area (Å²) in [6.45, 7) is 7.25. The molecule has 0 fully saturated rings. The summed E-state index contributed by atoms with van der Waals surface area (Å²) in [6, 6.07) is 32.9. The molecule has 4 aromatic rings. The van der Waals surface area contributed by atoms with E-state index in [1.165, 1.54) is 0 Å². The van der Waals surface area contributed by atoms with E-state index in [4.69, 9.17) is 9.47 Å². The van der Waals surface area contributed by atoms with Crippen molar-refractivity contribution in [1.82, 2.24) is 16.0 Å². The van der Waals surface area contributed by atoms with Crippen LogP contribution in [-0.2, 0) is 30.3 Å². The summed E-state index contributed by atoms with van der Waals surface area (Å²) in [5.74, 6) is -2.41. The van der Waals surface area contributed by atoms with Crippen molar-refractivity contribution in [2.75, 3.05) is 19.8 Å². The first-order chi connectivity index (χ1) is 26.8. The van der Waals surface area contributed by atoms with Crippen molar-refractivity contribution < 1.29 is 33.8 Å². The molecule has 0 saturated heterocycles. The summed E-state index contributed by atoms with van der Waals surface area (Å²) < 4.78 is 11.7. The number of allylic oxidation sites excluding steroid dienone is 2. The molecule has 55 heavy (non-hydrogen) atoms. The second-order valence-electron chi connectivity index (χ2n) is 13.5. The molecule has 3 amide bonds. The van der Waals surface area contributed by atoms with E-state index in [2.05, 4.69) is 41.2 Å². The highest BCUT2D eigenvalue weighted by atomic mass is 16.6. The van der Waals surface area contributed by atoms with Crippen LogP contribution < -0.4 is 16.0 Å². The Labute approximate surface area is 322 Å². The third kappa shape index (κ3) is 11.3. The Kier molecular flexibility index (Phi) is 14.9. The first-order valence-electron chi connectivity index (χ1n) is 18.6. The van der Waals surface area contributed by atoms with Crippen LogP contribution in [0.4, 0.5) is 4.79 Å². The zero-order chi connectivity index (χ0) is 39.0. The normalized spacial score (nSPS) is 13.8. The van der Waals surface area contributed by atoms with Crippen molar-refractivity contribution in [3.05, 3.63) is 157 Å². The summed E-state index contributed by atoms with van der Waals surface area (Å²) in [5, 5.41) is 18.3. The second kappa shape index (κ2) is 20.5. The van der Waals surface area contributed by atoms with Crippen molar-refractivity contribution >= 4 is 23.9 Å². The largest absolute Gasteiger partial charge is 0.454 e. The van der Waals surface area contributed by atoms with Gasteiger partial charge < -0.3 is 30.5 Å². The molecular weight excluding hydrogens is 695 g/mol. The predicted molar refractivity (Wildman–Crippen MR) is 212 cm³/mol. The lowest BCUT2D eigenvalue weighted by molar-refractivity contribution is -0.152. The van der Waals surface area contributed by atoms with Gasteiger partial charge in [0.2, 0.25) is 11.8 Å². The highest BCUT2D eigenvalue weighted by molar-refractivity contribution is 5.86. The highest BCUT2D eigenvalue weighted by Crippen LogP contribution is 2.44. The lowest BCUT2D eigenvalue weighted by atomic mass is 9.98. The molecule has 0 spiro atoms. The van der Waals surface area contributed by atoms with Crippen LogP contribution in [0.15, 0.2) is 135 Å². The molecule has 5 rings (SSSR count). The number of esters is 1. The quantitative estimate of drug-likeness (QED) is 0.0593. The SMILES string of the molecule is C=CCC[C@H](NC(=O)OCC1c2ccccc2-c2ccccc21)C(=O)O[C@@H](CNC(=O)[C@H](CC=C)CC(=O)N[C@H](CO)Cc1ccccc1)c1ccccc1. The topological polar surface area (TPSA) is 143 Å². The molecule has 1 aliphatic carbocycles. The lowest BCUT2D eigenvalue weighted by Crippen LogP contribution is -2.44. The van der Waals surface area contributed by atoms with E-state index in [0.29, 0.717) is 18.4 Å². The molecule has 0 aromatic heterocycles. The summed E-state index contributed by atoms with van der Waals surface area (Å²) in [5.41, 5.74) is 5.94. The van der Waals surface area contributed by atoms with Crippen LogP contribution in [-0.4, -0.2) is 60.8 Å². The average molecular weight is 744 g/mol. The van der Waals surface area contributed by atoms with Crippen LogP contribution in [0.3, 0.4) is 0 Å². The van der Waals surface area contributed by atoms with Gasteiger partial charge in [0.1, 0.15) is 18.8 Å². The number of benzene rings is 4. The number of alkyl carbamates (subject to hydrolysis) is 1. The minimum absolute atomic E-state index is 0.0827. The molecule has 0 saturated carbocycles. The molecule has 10 nitrogen and oxygen atoms in total. The van der Waals surface area contributed by atoms with E-state index in [9.17, 15) is 24.3 Å². The molecule has 4 atom stereocenters. The van der Waals surface area contributed by atoms with Gasteiger partial charge >= 0.3 is 12.1 Å². The van der Waals surface area contributed by atoms with E-state index in [0.717, 1.165) is 27.8 Å². The predicted octanol–water partition coefficient (Wildman–Crippen LogP) is 6.56. The Morgan fingerprint density at radius 3 is 2.02 bits per heavy atom. The van der Waals surface area contributed by atoms with Gasteiger partial charge in [0.15, 0.2) is 0 Å². The zero-order valence-electron chi connectivity index (χ0n) is 30.9. The average Bonchev–Trinajstić information content (AvgIpc) is 3.53. The number of carbonyl (C=O) groups excluding carboxylic acids is 4. The lowest BCUT2D eigenvalue weighted by Gasteiger charge is -2.24. The molecule has 10 heteroatoms. The van der Waals surface area contributed by atoms with E-state index >= 15 is 0 Å². The van der Waals surface area contributed by atoms with Crippen LogP contribution in [0.2, 0.25) is 0 Å². The fourth-order valence-corrected chi connectivity index (χ4v) is 6.83. The Balaban J connectivity index is 1.20. The van der Waals surface area contributed by atoms with Crippen LogP contribution in [0, 0.1) is 5.92 Å². The number of rotatable bonds is 20. The minimum atomic E-state index is -1.05. The molecule has 0 bridgehead atoms. The molecule has 0 heterocycles. The van der Waals surface area contributed by atoms with Crippen molar-refractivity contribution in [2.45, 2.75) is 56.2 Å². The fraction of sp³-hybridized carbons (Fsp3) is 0.289. The number of hydrogen-bond donors (Lipinski definition) is 4. The van der Waals surface area contributed by atoms with Crippen LogP contribution in [0.1, 0.15) is 60.0 Å². The van der Waals surface area contributed by atoms with Crippen molar-refractivity contribution in [3.63, 3.8) is 0 Å². The maximum Gasteiger partial charge on any atom is 0.407 e. The number of ether oxygens (including phenoxy) is 2. The van der Waals surface area contributed by atoms with Crippen molar-refractivity contribution in [1.29, 1.82) is 0 Å². The number of amides is 3. The van der Waals surface area contributed by atoms with Gasteiger partial charge in [0.05, 0.1) is 25.1 Å². The molecular formula is C45H49N3O7. The van der Waals surface area contributed by atoms with Gasteiger partial charge in [-0.1, -0.05) is 121 Å². The summed E-state index contributed by atoms with van der Waals surface area (Å²) in [6.07, 6.45) is 2.73. The highest BCUT2D eigenvalue weighted by Gasteiger charge is 2.31. The third-order valence-electron chi connectivity index (χ3n) is 9.64. The summed E-state index contributed by atoms with van der Waals surface area (Å²) >= 11 is 0. The van der Waals surface area contributed by atoms with Gasteiger partial charge in [-0.3, -0.25) is 9.59 Å².